The van der Waals surface area contributed by atoms with Crippen molar-refractivity contribution in [1.29, 1.82) is 0 Å². The van der Waals surface area contributed by atoms with Crippen LogP contribution in [0.5, 0.6) is 0 Å². The fourth-order valence-electron chi connectivity index (χ4n) is 3.44. The van der Waals surface area contributed by atoms with Crippen LogP contribution >= 0.6 is 11.6 Å². The number of hydrogen-bond donors (Lipinski definition) is 3. The molecule has 1 aromatic heterocycles. The highest BCUT2D eigenvalue weighted by atomic mass is 35.5. The molecule has 0 amide bonds. The van der Waals surface area contributed by atoms with E-state index in [1.165, 1.54) is 16.7 Å². The first-order valence-corrected chi connectivity index (χ1v) is 9.60. The molecule has 4 rings (SSSR count). The summed E-state index contributed by atoms with van der Waals surface area (Å²) in [7, 11) is 1.79. The summed E-state index contributed by atoms with van der Waals surface area (Å²) >= 11 is 6.49. The van der Waals surface area contributed by atoms with E-state index in [0.29, 0.717) is 6.01 Å². The molecule has 1 aliphatic rings. The van der Waals surface area contributed by atoms with Gasteiger partial charge in [-0.3, -0.25) is 0 Å². The smallest absolute Gasteiger partial charge is 0.294 e. The van der Waals surface area contributed by atoms with Gasteiger partial charge in [-0.25, -0.2) is 0 Å². The average Bonchev–Trinajstić information content (AvgIpc) is 3.06. The lowest BCUT2D eigenvalue weighted by Gasteiger charge is -2.16. The zero-order chi connectivity index (χ0) is 18.6. The molecule has 27 heavy (non-hydrogen) atoms. The molecule has 0 aliphatic carbocycles. The topological polar surface area (TPSA) is 62.1 Å². The minimum atomic E-state index is 0.518. The molecule has 0 spiro atoms. The number of rotatable bonds is 5. The van der Waals surface area contributed by atoms with Gasteiger partial charge in [-0.05, 0) is 48.7 Å². The normalized spacial score (nSPS) is 13.7. The lowest BCUT2D eigenvalue weighted by molar-refractivity contribution is 0.576. The van der Waals surface area contributed by atoms with Gasteiger partial charge in [0.1, 0.15) is 12.0 Å². The van der Waals surface area contributed by atoms with Crippen molar-refractivity contribution in [3.05, 3.63) is 64.4 Å². The van der Waals surface area contributed by atoms with E-state index in [2.05, 4.69) is 51.3 Å². The highest BCUT2D eigenvalue weighted by molar-refractivity contribution is 6.33. The molecule has 0 radical (unpaired) electrons. The molecule has 1 aliphatic heterocycles. The number of oxazole rings is 1. The Hall–Kier alpha value is -2.50. The Morgan fingerprint density at radius 3 is 2.70 bits per heavy atom. The van der Waals surface area contributed by atoms with Crippen LogP contribution in [0.2, 0.25) is 5.02 Å². The molecule has 3 N–H and O–H groups in total. The van der Waals surface area contributed by atoms with Crippen molar-refractivity contribution >= 4 is 23.3 Å². The van der Waals surface area contributed by atoms with E-state index in [4.69, 9.17) is 16.0 Å². The van der Waals surface area contributed by atoms with Crippen LogP contribution in [0.25, 0.3) is 11.3 Å². The monoisotopic (exact) mass is 382 g/mol. The fraction of sp³-hybridized carbons (Fsp3) is 0.286. The number of anilines is 2. The summed E-state index contributed by atoms with van der Waals surface area (Å²) in [6.45, 7) is 2.74. The quantitative estimate of drug-likeness (QED) is 0.612. The number of fused-ring (bicyclic) bond motifs is 1. The van der Waals surface area contributed by atoms with Crippen LogP contribution in [-0.2, 0) is 19.4 Å². The third-order valence-electron chi connectivity index (χ3n) is 4.92. The molecule has 6 heteroatoms. The zero-order valence-corrected chi connectivity index (χ0v) is 16.1. The summed E-state index contributed by atoms with van der Waals surface area (Å²) in [5, 5.41) is 10.7. The number of halogens is 1. The van der Waals surface area contributed by atoms with E-state index in [1.807, 2.05) is 6.07 Å². The van der Waals surface area contributed by atoms with Gasteiger partial charge < -0.3 is 20.4 Å². The Balaban J connectivity index is 1.49. The van der Waals surface area contributed by atoms with Crippen LogP contribution in [0.15, 0.2) is 47.1 Å². The second-order valence-electron chi connectivity index (χ2n) is 6.65. The SMILES string of the molecule is CNc1nc(-c2ccc(CNc3c(Cl)ccc4c3CCNCC4)cc2)co1. The fourth-order valence-corrected chi connectivity index (χ4v) is 3.68. The first-order chi connectivity index (χ1) is 13.2. The minimum absolute atomic E-state index is 0.518. The maximum Gasteiger partial charge on any atom is 0.294 e. The Morgan fingerprint density at radius 2 is 1.93 bits per heavy atom. The summed E-state index contributed by atoms with van der Waals surface area (Å²) in [5.74, 6) is 0. The molecular formula is C21H23ClN4O. The second-order valence-corrected chi connectivity index (χ2v) is 7.06. The molecule has 140 valence electrons. The lowest BCUT2D eigenvalue weighted by Crippen LogP contribution is -2.16. The number of nitrogens with one attached hydrogen (secondary N) is 3. The van der Waals surface area contributed by atoms with E-state index < -0.39 is 0 Å². The number of benzene rings is 2. The summed E-state index contributed by atoms with van der Waals surface area (Å²) in [5.41, 5.74) is 6.83. The maximum atomic E-state index is 6.49. The van der Waals surface area contributed by atoms with Crippen molar-refractivity contribution in [1.82, 2.24) is 10.3 Å². The highest BCUT2D eigenvalue weighted by Gasteiger charge is 2.14. The number of hydrogen-bond acceptors (Lipinski definition) is 5. The van der Waals surface area contributed by atoms with Crippen LogP contribution in [0.3, 0.4) is 0 Å². The summed E-state index contributed by atoms with van der Waals surface area (Å²) in [4.78, 5) is 4.37. The van der Waals surface area contributed by atoms with Crippen molar-refractivity contribution in [2.45, 2.75) is 19.4 Å². The molecule has 2 heterocycles. The van der Waals surface area contributed by atoms with Crippen molar-refractivity contribution < 1.29 is 4.42 Å². The van der Waals surface area contributed by atoms with Gasteiger partial charge in [0.05, 0.1) is 10.7 Å². The van der Waals surface area contributed by atoms with Gasteiger partial charge in [0.2, 0.25) is 0 Å². The Bertz CT molecular complexity index is 920. The zero-order valence-electron chi connectivity index (χ0n) is 15.3. The van der Waals surface area contributed by atoms with Crippen LogP contribution in [0.1, 0.15) is 16.7 Å². The molecule has 0 bridgehead atoms. The van der Waals surface area contributed by atoms with Crippen LogP contribution in [-0.4, -0.2) is 25.1 Å². The molecule has 5 nitrogen and oxygen atoms in total. The largest absolute Gasteiger partial charge is 0.432 e. The summed E-state index contributed by atoms with van der Waals surface area (Å²) in [6.07, 6.45) is 3.70. The van der Waals surface area contributed by atoms with E-state index >= 15 is 0 Å². The molecule has 3 aromatic rings. The first-order valence-electron chi connectivity index (χ1n) is 9.22. The van der Waals surface area contributed by atoms with E-state index in [9.17, 15) is 0 Å². The molecular weight excluding hydrogens is 360 g/mol. The average molecular weight is 383 g/mol. The van der Waals surface area contributed by atoms with Gasteiger partial charge in [-0.15, -0.1) is 0 Å². The van der Waals surface area contributed by atoms with Gasteiger partial charge in [0.15, 0.2) is 0 Å². The Labute approximate surface area is 164 Å². The van der Waals surface area contributed by atoms with Crippen LogP contribution in [0.4, 0.5) is 11.7 Å². The predicted octanol–water partition coefficient (Wildman–Crippen LogP) is 4.34. The third kappa shape index (κ3) is 3.94. The first kappa shape index (κ1) is 17.9. The predicted molar refractivity (Wildman–Crippen MR) is 111 cm³/mol. The Morgan fingerprint density at radius 1 is 1.11 bits per heavy atom. The van der Waals surface area contributed by atoms with Gasteiger partial charge >= 0.3 is 0 Å². The van der Waals surface area contributed by atoms with Crippen molar-refractivity contribution in [3.8, 4) is 11.3 Å². The van der Waals surface area contributed by atoms with Gasteiger partial charge in [-0.1, -0.05) is 41.9 Å². The van der Waals surface area contributed by atoms with Gasteiger partial charge in [0.25, 0.3) is 6.01 Å². The standard InChI is InChI=1S/C21H23ClN4O/c1-23-21-26-19(13-27-21)16-4-2-14(3-5-16)12-25-20-17-9-11-24-10-8-15(17)6-7-18(20)22/h2-7,13,24-25H,8-12H2,1H3,(H,23,26). The van der Waals surface area contributed by atoms with Gasteiger partial charge in [-0.2, -0.15) is 4.98 Å². The Kier molecular flexibility index (Phi) is 5.32. The molecule has 0 fully saturated rings. The summed E-state index contributed by atoms with van der Waals surface area (Å²) < 4.78 is 5.33. The molecule has 0 unspecified atom stereocenters. The van der Waals surface area contributed by atoms with Crippen molar-refractivity contribution in [2.75, 3.05) is 30.8 Å². The second kappa shape index (κ2) is 8.03. The molecule has 0 atom stereocenters. The maximum absolute atomic E-state index is 6.49. The van der Waals surface area contributed by atoms with Crippen molar-refractivity contribution in [3.63, 3.8) is 0 Å². The highest BCUT2D eigenvalue weighted by Crippen LogP contribution is 2.31. The van der Waals surface area contributed by atoms with Crippen molar-refractivity contribution in [2.24, 2.45) is 0 Å². The van der Waals surface area contributed by atoms with Crippen LogP contribution < -0.4 is 16.0 Å². The molecule has 0 saturated heterocycles. The lowest BCUT2D eigenvalue weighted by atomic mass is 10.0. The van der Waals surface area contributed by atoms with E-state index in [-0.39, 0.29) is 0 Å². The number of aromatic nitrogens is 1. The number of nitrogens with zero attached hydrogens (tertiary/aromatic N) is 1. The van der Waals surface area contributed by atoms with Gasteiger partial charge in [0, 0.05) is 19.2 Å². The minimum Gasteiger partial charge on any atom is -0.432 e. The van der Waals surface area contributed by atoms with Crippen LogP contribution in [0, 0.1) is 0 Å². The van der Waals surface area contributed by atoms with E-state index in [0.717, 1.165) is 54.4 Å². The third-order valence-corrected chi connectivity index (χ3v) is 5.23. The molecule has 0 saturated carbocycles. The van der Waals surface area contributed by atoms with E-state index in [1.54, 1.807) is 13.3 Å². The molecule has 2 aromatic carbocycles. The summed E-state index contributed by atoms with van der Waals surface area (Å²) in [6, 6.07) is 13.0.